The molecule has 0 unspecified atom stereocenters. The van der Waals surface area contributed by atoms with Gasteiger partial charge < -0.3 is 5.73 Å². The molecule has 0 aliphatic carbocycles. The zero-order valence-electron chi connectivity index (χ0n) is 15.1. The van der Waals surface area contributed by atoms with Gasteiger partial charge >= 0.3 is 0 Å². The Morgan fingerprint density at radius 3 is 1.68 bits per heavy atom. The van der Waals surface area contributed by atoms with Gasteiger partial charge in [0.25, 0.3) is 0 Å². The summed E-state index contributed by atoms with van der Waals surface area (Å²) in [5.41, 5.74) is 13.3. The summed E-state index contributed by atoms with van der Waals surface area (Å²) < 4.78 is 76.8. The molecule has 0 aliphatic rings. The van der Waals surface area contributed by atoms with Crippen LogP contribution >= 0.6 is 0 Å². The van der Waals surface area contributed by atoms with Gasteiger partial charge in [0.05, 0.1) is 0 Å². The normalized spacial score (nSPS) is 12.5. The molecule has 0 saturated carbocycles. The smallest absolute Gasteiger partial charge is 0.162 e. The van der Waals surface area contributed by atoms with Crippen LogP contribution in [0.1, 0.15) is 25.0 Å². The van der Waals surface area contributed by atoms with Gasteiger partial charge in [-0.25, -0.2) is 26.3 Å². The highest BCUT2D eigenvalue weighted by Gasteiger charge is 2.13. The minimum atomic E-state index is -1.24. The molecule has 0 aliphatic heterocycles. The fraction of sp³-hybridized carbons (Fsp3) is 0.333. The number of benzene rings is 2. The molecule has 4 nitrogen and oxygen atoms in total. The molecule has 10 heteroatoms. The average Bonchev–Trinajstić information content (AvgIpc) is 2.57. The Morgan fingerprint density at radius 2 is 1.29 bits per heavy atom. The van der Waals surface area contributed by atoms with E-state index in [1.165, 1.54) is 6.92 Å². The van der Waals surface area contributed by atoms with Crippen LogP contribution in [0.5, 0.6) is 0 Å². The zero-order chi connectivity index (χ0) is 21.4. The highest BCUT2D eigenvalue weighted by molar-refractivity contribution is 5.22. The van der Waals surface area contributed by atoms with Crippen molar-refractivity contribution in [2.75, 3.05) is 0 Å². The summed E-state index contributed by atoms with van der Waals surface area (Å²) in [4.78, 5) is 2.52. The van der Waals surface area contributed by atoms with Gasteiger partial charge in [-0.2, -0.15) is 0 Å². The predicted molar refractivity (Wildman–Crippen MR) is 92.3 cm³/mol. The lowest BCUT2D eigenvalue weighted by Crippen LogP contribution is -2.19. The van der Waals surface area contributed by atoms with Gasteiger partial charge in [0.2, 0.25) is 0 Å². The fourth-order valence-corrected chi connectivity index (χ4v) is 2.31. The van der Waals surface area contributed by atoms with Crippen LogP contribution < -0.4 is 5.73 Å². The second-order valence-electron chi connectivity index (χ2n) is 6.16. The summed E-state index contributed by atoms with van der Waals surface area (Å²) in [6, 6.07) is 1.96. The van der Waals surface area contributed by atoms with E-state index in [0.29, 0.717) is 12.1 Å². The van der Waals surface area contributed by atoms with Crippen LogP contribution in [0.3, 0.4) is 0 Å². The van der Waals surface area contributed by atoms with E-state index in [9.17, 15) is 26.3 Å². The molecule has 0 saturated heterocycles. The number of rotatable bonds is 5. The summed E-state index contributed by atoms with van der Waals surface area (Å²) in [5, 5.41) is 3.29. The Kier molecular flexibility index (Phi) is 8.81. The van der Waals surface area contributed by atoms with E-state index < -0.39 is 40.9 Å². The van der Waals surface area contributed by atoms with Crippen molar-refractivity contribution < 1.29 is 26.3 Å². The van der Waals surface area contributed by atoms with Crippen LogP contribution in [0.15, 0.2) is 29.4 Å². The van der Waals surface area contributed by atoms with Crippen LogP contribution in [-0.4, -0.2) is 12.1 Å². The third-order valence-corrected chi connectivity index (χ3v) is 3.44. The number of azide groups is 1. The topological polar surface area (TPSA) is 74.8 Å². The Balaban J connectivity index is 0.000000283. The van der Waals surface area contributed by atoms with Crippen molar-refractivity contribution in [3.63, 3.8) is 0 Å². The second kappa shape index (κ2) is 10.6. The maximum Gasteiger partial charge on any atom is 0.162 e. The van der Waals surface area contributed by atoms with Crippen molar-refractivity contribution in [2.24, 2.45) is 10.8 Å². The quantitative estimate of drug-likeness (QED) is 0.236. The maximum atomic E-state index is 13.1. The number of nitrogens with zero attached hydrogens (tertiary/aromatic N) is 3. The lowest BCUT2D eigenvalue weighted by Gasteiger charge is -2.06. The van der Waals surface area contributed by atoms with Gasteiger partial charge in [-0.15, -0.1) is 0 Å². The van der Waals surface area contributed by atoms with Crippen LogP contribution in [0.2, 0.25) is 0 Å². The lowest BCUT2D eigenvalue weighted by molar-refractivity contribution is 0.481. The molecule has 2 atom stereocenters. The third-order valence-electron chi connectivity index (χ3n) is 3.44. The van der Waals surface area contributed by atoms with E-state index in [2.05, 4.69) is 10.0 Å². The molecular weight excluding hydrogens is 386 g/mol. The molecule has 0 spiro atoms. The molecule has 0 aromatic heterocycles. The first-order valence-corrected chi connectivity index (χ1v) is 8.11. The molecule has 0 heterocycles. The van der Waals surface area contributed by atoms with Crippen LogP contribution in [0.25, 0.3) is 10.4 Å². The molecular formula is C18H18F6N4. The fourth-order valence-electron chi connectivity index (χ4n) is 2.31. The van der Waals surface area contributed by atoms with E-state index >= 15 is 0 Å². The molecule has 0 radical (unpaired) electrons. The molecule has 2 rings (SSSR count). The third kappa shape index (κ3) is 7.13. The minimum Gasteiger partial charge on any atom is -0.328 e. The van der Waals surface area contributed by atoms with Gasteiger partial charge in [0, 0.05) is 29.1 Å². The number of hydrogen-bond acceptors (Lipinski definition) is 2. The average molecular weight is 404 g/mol. The summed E-state index contributed by atoms with van der Waals surface area (Å²) in [6.45, 7) is 3.17. The largest absolute Gasteiger partial charge is 0.328 e. The molecule has 2 aromatic carbocycles. The number of halogens is 6. The highest BCUT2D eigenvalue weighted by atomic mass is 19.2. The maximum absolute atomic E-state index is 13.1. The van der Waals surface area contributed by atoms with Crippen molar-refractivity contribution in [3.8, 4) is 0 Å². The molecule has 2 N–H and O–H groups in total. The van der Waals surface area contributed by atoms with Gasteiger partial charge in [-0.3, -0.25) is 0 Å². The first-order chi connectivity index (χ1) is 13.0. The van der Waals surface area contributed by atoms with Crippen LogP contribution in [0.4, 0.5) is 26.3 Å². The van der Waals surface area contributed by atoms with E-state index in [1.807, 2.05) is 0 Å². The van der Waals surface area contributed by atoms with Gasteiger partial charge in [0.15, 0.2) is 23.3 Å². The van der Waals surface area contributed by atoms with Crippen LogP contribution in [-0.2, 0) is 12.8 Å². The number of nitrogens with two attached hydrogens (primary N) is 1. The van der Waals surface area contributed by atoms with Crippen molar-refractivity contribution in [2.45, 2.75) is 38.8 Å². The summed E-state index contributed by atoms with van der Waals surface area (Å²) >= 11 is 0. The first-order valence-electron chi connectivity index (χ1n) is 8.11. The first kappa shape index (κ1) is 23.3. The van der Waals surface area contributed by atoms with Crippen molar-refractivity contribution in [3.05, 3.63) is 80.7 Å². The standard InChI is InChI=1S/C9H8F3N3.C9H10F3N/c1-5(14-15-13)2-6-3-7(10)4-8(11)9(6)12;1-5(13)2-6-3-7(10)4-8(11)9(6)12/h3-5H,2H2,1H3;3-5H,2,13H2,1H3/t2*5-/m00/s1. The molecule has 28 heavy (non-hydrogen) atoms. The molecule has 0 bridgehead atoms. The minimum absolute atomic E-state index is 0.0208. The molecule has 152 valence electrons. The molecule has 0 fully saturated rings. The second-order valence-corrected chi connectivity index (χ2v) is 6.16. The summed E-state index contributed by atoms with van der Waals surface area (Å²) in [7, 11) is 0. The summed E-state index contributed by atoms with van der Waals surface area (Å²) in [6.07, 6.45) is 0.0884. The SMILES string of the molecule is C[C@@H](Cc1cc(F)cc(F)c1F)N=[N+]=[N-].C[C@H](N)Cc1cc(F)cc(F)c1F. The van der Waals surface area contributed by atoms with Gasteiger partial charge in [-0.05, 0) is 48.6 Å². The van der Waals surface area contributed by atoms with Gasteiger partial charge in [-0.1, -0.05) is 12.0 Å². The van der Waals surface area contributed by atoms with E-state index in [-0.39, 0.29) is 30.0 Å². The monoisotopic (exact) mass is 404 g/mol. The van der Waals surface area contributed by atoms with Crippen molar-refractivity contribution in [1.82, 2.24) is 0 Å². The van der Waals surface area contributed by atoms with E-state index in [0.717, 1.165) is 12.1 Å². The Morgan fingerprint density at radius 1 is 0.857 bits per heavy atom. The van der Waals surface area contributed by atoms with E-state index in [4.69, 9.17) is 11.3 Å². The number of hydrogen-bond donors (Lipinski definition) is 1. The summed E-state index contributed by atoms with van der Waals surface area (Å²) in [5.74, 6) is -6.16. The van der Waals surface area contributed by atoms with E-state index in [1.54, 1.807) is 6.92 Å². The molecule has 2 aromatic rings. The Bertz CT molecular complexity index is 866. The molecule has 0 amide bonds. The van der Waals surface area contributed by atoms with Crippen molar-refractivity contribution >= 4 is 0 Å². The van der Waals surface area contributed by atoms with Crippen LogP contribution in [0, 0.1) is 34.9 Å². The Hall–Kier alpha value is -2.71. The van der Waals surface area contributed by atoms with Gasteiger partial charge in [0.1, 0.15) is 11.6 Å². The highest BCUT2D eigenvalue weighted by Crippen LogP contribution is 2.17. The lowest BCUT2D eigenvalue weighted by atomic mass is 10.1. The van der Waals surface area contributed by atoms with Crippen molar-refractivity contribution in [1.29, 1.82) is 0 Å². The zero-order valence-corrected chi connectivity index (χ0v) is 15.1. The predicted octanol–water partition coefficient (Wildman–Crippen LogP) is 5.34. The Labute approximate surface area is 157 Å².